The lowest BCUT2D eigenvalue weighted by Gasteiger charge is -1.95. The minimum Gasteiger partial charge on any atom is -0.355 e. The first-order valence-corrected chi connectivity index (χ1v) is 7.91. The summed E-state index contributed by atoms with van der Waals surface area (Å²) in [5, 5.41) is 6.70. The van der Waals surface area contributed by atoms with Gasteiger partial charge in [-0.1, -0.05) is 52.9 Å². The first kappa shape index (κ1) is 14.5. The molecule has 2 aromatic heterocycles. The lowest BCUT2D eigenvalue weighted by atomic mass is 10.1. The van der Waals surface area contributed by atoms with E-state index < -0.39 is 11.7 Å². The molecule has 1 amide bonds. The highest BCUT2D eigenvalue weighted by molar-refractivity contribution is 7.22. The molecule has 24 heavy (non-hydrogen) atoms. The molecule has 4 rings (SSSR count). The standard InChI is InChI=1S/C17H10FN3O2S/c18-11-7-4-8-14-15(11)19-17(24-14)20-16(22)12-9-13(23-21-12)10-5-2-1-3-6-10/h1-9H,(H,19,20,22). The molecule has 0 radical (unpaired) electrons. The van der Waals surface area contributed by atoms with Crippen molar-refractivity contribution in [1.29, 1.82) is 0 Å². The maximum Gasteiger partial charge on any atom is 0.279 e. The van der Waals surface area contributed by atoms with Crippen molar-refractivity contribution >= 4 is 32.6 Å². The number of aromatic nitrogens is 2. The molecule has 0 bridgehead atoms. The number of carbonyl (C=O) groups excluding carboxylic acids is 1. The molecule has 0 fully saturated rings. The topological polar surface area (TPSA) is 68.0 Å². The molecule has 0 aliphatic carbocycles. The third-order valence-electron chi connectivity index (χ3n) is 3.39. The molecule has 0 saturated heterocycles. The van der Waals surface area contributed by atoms with Crippen molar-refractivity contribution in [1.82, 2.24) is 10.1 Å². The first-order chi connectivity index (χ1) is 11.7. The van der Waals surface area contributed by atoms with Gasteiger partial charge in [0.2, 0.25) is 0 Å². The van der Waals surface area contributed by atoms with Crippen LogP contribution in [0.25, 0.3) is 21.5 Å². The zero-order valence-corrected chi connectivity index (χ0v) is 13.0. The fourth-order valence-corrected chi connectivity index (χ4v) is 3.13. The van der Waals surface area contributed by atoms with Gasteiger partial charge in [-0.15, -0.1) is 0 Å². The van der Waals surface area contributed by atoms with Gasteiger partial charge >= 0.3 is 0 Å². The summed E-state index contributed by atoms with van der Waals surface area (Å²) >= 11 is 1.20. The van der Waals surface area contributed by atoms with Gasteiger partial charge in [0.1, 0.15) is 11.3 Å². The lowest BCUT2D eigenvalue weighted by molar-refractivity contribution is 0.101. The molecule has 0 atom stereocenters. The Labute approximate surface area is 139 Å². The van der Waals surface area contributed by atoms with Crippen molar-refractivity contribution in [3.63, 3.8) is 0 Å². The van der Waals surface area contributed by atoms with Crippen molar-refractivity contribution in [3.8, 4) is 11.3 Å². The molecule has 118 valence electrons. The molecule has 1 N–H and O–H groups in total. The molecule has 0 aliphatic heterocycles. The van der Waals surface area contributed by atoms with E-state index in [1.54, 1.807) is 18.2 Å². The van der Waals surface area contributed by atoms with E-state index in [1.807, 2.05) is 30.3 Å². The van der Waals surface area contributed by atoms with Crippen LogP contribution in [0.5, 0.6) is 0 Å². The van der Waals surface area contributed by atoms with Gasteiger partial charge < -0.3 is 4.52 Å². The number of benzene rings is 2. The zero-order valence-electron chi connectivity index (χ0n) is 12.2. The smallest absolute Gasteiger partial charge is 0.279 e. The Morgan fingerprint density at radius 1 is 1.12 bits per heavy atom. The number of nitrogens with one attached hydrogen (secondary N) is 1. The van der Waals surface area contributed by atoms with Crippen LogP contribution in [0.3, 0.4) is 0 Å². The number of carbonyl (C=O) groups is 1. The van der Waals surface area contributed by atoms with Crippen LogP contribution in [0.4, 0.5) is 9.52 Å². The van der Waals surface area contributed by atoms with Crippen LogP contribution in [-0.2, 0) is 0 Å². The monoisotopic (exact) mass is 339 g/mol. The molecule has 7 heteroatoms. The second-order valence-corrected chi connectivity index (χ2v) is 6.03. The number of hydrogen-bond acceptors (Lipinski definition) is 5. The van der Waals surface area contributed by atoms with E-state index >= 15 is 0 Å². The first-order valence-electron chi connectivity index (χ1n) is 7.09. The molecule has 2 aromatic carbocycles. The summed E-state index contributed by atoms with van der Waals surface area (Å²) in [6, 6.07) is 15.6. The maximum absolute atomic E-state index is 13.7. The number of para-hydroxylation sites is 1. The van der Waals surface area contributed by atoms with E-state index in [0.29, 0.717) is 15.6 Å². The van der Waals surface area contributed by atoms with E-state index in [2.05, 4.69) is 15.5 Å². The third kappa shape index (κ3) is 2.65. The van der Waals surface area contributed by atoms with E-state index in [1.165, 1.54) is 17.4 Å². The quantitative estimate of drug-likeness (QED) is 0.603. The molecule has 5 nitrogen and oxygen atoms in total. The fraction of sp³-hybridized carbons (Fsp3) is 0. The highest BCUT2D eigenvalue weighted by Crippen LogP contribution is 2.28. The van der Waals surface area contributed by atoms with Gasteiger partial charge in [0.25, 0.3) is 5.91 Å². The molecule has 0 aliphatic rings. The van der Waals surface area contributed by atoms with Crippen LogP contribution in [0, 0.1) is 5.82 Å². The van der Waals surface area contributed by atoms with Gasteiger partial charge in [-0.3, -0.25) is 10.1 Å². The van der Waals surface area contributed by atoms with E-state index in [9.17, 15) is 9.18 Å². The Balaban J connectivity index is 1.58. The summed E-state index contributed by atoms with van der Waals surface area (Å²) in [7, 11) is 0. The number of nitrogens with zero attached hydrogens (tertiary/aromatic N) is 2. The number of anilines is 1. The molecule has 0 spiro atoms. The minimum absolute atomic E-state index is 0.133. The van der Waals surface area contributed by atoms with Crippen molar-refractivity contribution in [3.05, 3.63) is 66.1 Å². The third-order valence-corrected chi connectivity index (χ3v) is 4.33. The van der Waals surface area contributed by atoms with Crippen LogP contribution in [0.2, 0.25) is 0 Å². The molecule has 0 unspecified atom stereocenters. The Hall–Kier alpha value is -3.06. The second-order valence-electron chi connectivity index (χ2n) is 5.00. The number of rotatable bonds is 3. The summed E-state index contributed by atoms with van der Waals surface area (Å²) in [5.41, 5.74) is 1.20. The predicted octanol–water partition coefficient (Wildman–Crippen LogP) is 4.34. The minimum atomic E-state index is -0.458. The molecule has 2 heterocycles. The predicted molar refractivity (Wildman–Crippen MR) is 89.5 cm³/mol. The highest BCUT2D eigenvalue weighted by atomic mass is 32.1. The van der Waals surface area contributed by atoms with Crippen LogP contribution in [0.15, 0.2) is 59.1 Å². The molecule has 0 saturated carbocycles. The number of hydrogen-bond donors (Lipinski definition) is 1. The van der Waals surface area contributed by atoms with Crippen molar-refractivity contribution in [2.75, 3.05) is 5.32 Å². The van der Waals surface area contributed by atoms with Crippen LogP contribution in [-0.4, -0.2) is 16.0 Å². The Kier molecular flexibility index (Phi) is 3.55. The van der Waals surface area contributed by atoms with Crippen LogP contribution >= 0.6 is 11.3 Å². The Morgan fingerprint density at radius 2 is 1.96 bits per heavy atom. The van der Waals surface area contributed by atoms with Gasteiger partial charge in [0.05, 0.1) is 4.70 Å². The highest BCUT2D eigenvalue weighted by Gasteiger charge is 2.16. The largest absolute Gasteiger partial charge is 0.355 e. The Morgan fingerprint density at radius 3 is 2.75 bits per heavy atom. The number of halogens is 1. The summed E-state index contributed by atoms with van der Waals surface area (Å²) in [6.07, 6.45) is 0. The molecule has 4 aromatic rings. The lowest BCUT2D eigenvalue weighted by Crippen LogP contribution is -2.11. The van der Waals surface area contributed by atoms with E-state index in [-0.39, 0.29) is 11.2 Å². The van der Waals surface area contributed by atoms with Gasteiger partial charge in [-0.2, -0.15) is 0 Å². The van der Waals surface area contributed by atoms with Gasteiger partial charge in [-0.05, 0) is 12.1 Å². The van der Waals surface area contributed by atoms with Gasteiger partial charge in [0.15, 0.2) is 16.6 Å². The van der Waals surface area contributed by atoms with Gasteiger partial charge in [0, 0.05) is 11.6 Å². The number of amides is 1. The molecular weight excluding hydrogens is 329 g/mol. The van der Waals surface area contributed by atoms with Crippen LogP contribution in [0.1, 0.15) is 10.5 Å². The summed E-state index contributed by atoms with van der Waals surface area (Å²) < 4.78 is 19.5. The average Bonchev–Trinajstić information content (AvgIpc) is 3.23. The van der Waals surface area contributed by atoms with Crippen LogP contribution < -0.4 is 5.32 Å². The maximum atomic E-state index is 13.7. The van der Waals surface area contributed by atoms with E-state index in [0.717, 1.165) is 5.56 Å². The summed E-state index contributed by atoms with van der Waals surface area (Å²) in [6.45, 7) is 0. The number of fused-ring (bicyclic) bond motifs is 1. The second kappa shape index (κ2) is 5.86. The summed E-state index contributed by atoms with van der Waals surface area (Å²) in [5.74, 6) is -0.381. The van der Waals surface area contributed by atoms with Crippen molar-refractivity contribution < 1.29 is 13.7 Å². The van der Waals surface area contributed by atoms with E-state index in [4.69, 9.17) is 4.52 Å². The fourth-order valence-electron chi connectivity index (χ4n) is 2.25. The van der Waals surface area contributed by atoms with Gasteiger partial charge in [-0.25, -0.2) is 9.37 Å². The normalized spacial score (nSPS) is 10.9. The number of thiazole rings is 1. The zero-order chi connectivity index (χ0) is 16.5. The summed E-state index contributed by atoms with van der Waals surface area (Å²) in [4.78, 5) is 16.4. The Bertz CT molecular complexity index is 1030. The molecular formula is C17H10FN3O2S. The SMILES string of the molecule is O=C(Nc1nc2c(F)cccc2s1)c1cc(-c2ccccc2)on1. The van der Waals surface area contributed by atoms with Crippen molar-refractivity contribution in [2.45, 2.75) is 0 Å². The average molecular weight is 339 g/mol. The van der Waals surface area contributed by atoms with Crippen molar-refractivity contribution in [2.24, 2.45) is 0 Å².